The Morgan fingerprint density at radius 1 is 0.896 bits per heavy atom. The third-order valence-electron chi connectivity index (χ3n) is 15.1. The van der Waals surface area contributed by atoms with Gasteiger partial charge in [-0.3, -0.25) is 14.4 Å². The molecule has 15 atom stereocenters. The number of nitrogens with zero attached hydrogens (tertiary/aromatic N) is 5. The van der Waals surface area contributed by atoms with Crippen molar-refractivity contribution in [2.45, 2.75) is 186 Å². The molecule has 16 heteroatoms. The number of cyclic esters (lactones) is 1. The minimum absolute atomic E-state index is 0.0332. The minimum Gasteiger partial charge on any atom is -0.461 e. The molecule has 1 saturated carbocycles. The summed E-state index contributed by atoms with van der Waals surface area (Å²) >= 11 is 0. The molecule has 1 aromatic heterocycles. The van der Waals surface area contributed by atoms with Crippen LogP contribution in [0.1, 0.15) is 138 Å². The zero-order valence-electron chi connectivity index (χ0n) is 41.5. The number of tetrazole rings is 1. The largest absolute Gasteiger partial charge is 0.461 e. The summed E-state index contributed by atoms with van der Waals surface area (Å²) in [5.41, 5.74) is 8.09. The van der Waals surface area contributed by atoms with Crippen molar-refractivity contribution in [2.75, 3.05) is 20.8 Å². The number of carbonyl (C=O) groups is 4. The molecular weight excluding hydrogens is 857 g/mol. The highest BCUT2D eigenvalue weighted by atomic mass is 16.6. The number of allylic oxidation sites excluding steroid dienone is 6. The zero-order valence-corrected chi connectivity index (χ0v) is 41.5. The molecule has 374 valence electrons. The molecule has 3 fully saturated rings. The number of aliphatic hydroxyl groups is 2. The van der Waals surface area contributed by atoms with E-state index in [4.69, 9.17) is 24.7 Å². The molecule has 1 aromatic rings. The summed E-state index contributed by atoms with van der Waals surface area (Å²) in [5.74, 6) is -5.66. The number of rotatable bonds is 6. The van der Waals surface area contributed by atoms with Crippen molar-refractivity contribution in [1.29, 1.82) is 0 Å². The fourth-order valence-corrected chi connectivity index (χ4v) is 10.7. The third kappa shape index (κ3) is 14.1. The second-order valence-corrected chi connectivity index (χ2v) is 20.4. The number of methoxy groups -OCH3 is 2. The molecule has 4 heterocycles. The average Bonchev–Trinajstić information content (AvgIpc) is 3.85. The van der Waals surface area contributed by atoms with Crippen LogP contribution in [0, 0.1) is 35.5 Å². The van der Waals surface area contributed by atoms with E-state index in [9.17, 15) is 29.4 Å². The Bertz CT molecular complexity index is 1920. The molecule has 0 aromatic carbocycles. The van der Waals surface area contributed by atoms with Gasteiger partial charge in [0.1, 0.15) is 30.7 Å². The van der Waals surface area contributed by atoms with Gasteiger partial charge in [-0.25, -0.2) is 9.48 Å². The topological polar surface area (TPSA) is 219 Å². The lowest BCUT2D eigenvalue weighted by Crippen LogP contribution is -2.60. The summed E-state index contributed by atoms with van der Waals surface area (Å²) in [5, 5.41) is 35.4. The van der Waals surface area contributed by atoms with Crippen molar-refractivity contribution in [3.8, 4) is 0 Å². The van der Waals surface area contributed by atoms with Gasteiger partial charge < -0.3 is 39.8 Å². The fourth-order valence-electron chi connectivity index (χ4n) is 10.7. The van der Waals surface area contributed by atoms with Gasteiger partial charge in [0.25, 0.3) is 11.7 Å². The van der Waals surface area contributed by atoms with Crippen molar-refractivity contribution >= 4 is 23.4 Å². The van der Waals surface area contributed by atoms with Crippen molar-refractivity contribution in [2.24, 2.45) is 41.2 Å². The molecule has 3 aliphatic heterocycles. The van der Waals surface area contributed by atoms with Crippen molar-refractivity contribution in [3.05, 3.63) is 53.9 Å². The van der Waals surface area contributed by atoms with Crippen LogP contribution in [0.2, 0.25) is 0 Å². The van der Waals surface area contributed by atoms with E-state index in [-0.39, 0.29) is 30.3 Å². The summed E-state index contributed by atoms with van der Waals surface area (Å²) in [6.07, 6.45) is 17.3. The van der Waals surface area contributed by atoms with Crippen LogP contribution in [0.15, 0.2) is 53.9 Å². The maximum atomic E-state index is 14.4. The lowest BCUT2D eigenvalue weighted by Gasteiger charge is -2.43. The molecule has 4 N–H and O–H groups in total. The molecule has 4 aliphatic rings. The van der Waals surface area contributed by atoms with Crippen molar-refractivity contribution < 1.29 is 48.3 Å². The number of aliphatic hydroxyl groups excluding tert-OH is 1. The van der Waals surface area contributed by atoms with Crippen LogP contribution in [0.4, 0.5) is 0 Å². The van der Waals surface area contributed by atoms with E-state index in [2.05, 4.69) is 29.4 Å². The third-order valence-corrected chi connectivity index (χ3v) is 15.1. The van der Waals surface area contributed by atoms with Crippen LogP contribution in [0.25, 0.3) is 0 Å². The molecule has 1 amide bonds. The number of esters is 1. The standard InChI is InChI=1S/C51H80N6O10/c1-31-15-11-10-12-16-32(2)42(57-30-53-54-55-57)29-40-22-19-37(7)51(63,67-40)48(60)49(61)56-24-14-13-17-41(56)50(62)66-43(34(4)26-38-20-18-33(3)44(28-38)64-8)23-21-39(52)27-36(6)46(59)47(65-9)45(58)35(5)25-31/h10-12,15-16,27,30-31,33-35,37-44,46-47,59,63H,13-14,17-26,28-29,52H2,1-9H3/b12-10+,15-11+,32-16+,36-27+/t31-,33-,34-,35?,37?,38?,39+,40?,41?,42-,43+,44?,46?,47+,51?/m1/s1. The van der Waals surface area contributed by atoms with E-state index in [1.165, 1.54) is 18.3 Å². The maximum Gasteiger partial charge on any atom is 0.329 e. The molecule has 16 nitrogen and oxygen atoms in total. The lowest BCUT2D eigenvalue weighted by atomic mass is 9.76. The predicted octanol–water partition coefficient (Wildman–Crippen LogP) is 6.18. The molecule has 1 aliphatic carbocycles. The van der Waals surface area contributed by atoms with Gasteiger partial charge in [0.05, 0.1) is 18.2 Å². The van der Waals surface area contributed by atoms with Gasteiger partial charge in [0, 0.05) is 45.1 Å². The highest BCUT2D eigenvalue weighted by Gasteiger charge is 2.53. The van der Waals surface area contributed by atoms with Crippen LogP contribution in [0.3, 0.4) is 0 Å². The van der Waals surface area contributed by atoms with E-state index in [0.717, 1.165) is 31.3 Å². The van der Waals surface area contributed by atoms with E-state index in [1.807, 2.05) is 51.2 Å². The van der Waals surface area contributed by atoms with Gasteiger partial charge in [-0.15, -0.1) is 5.10 Å². The zero-order chi connectivity index (χ0) is 49.0. The van der Waals surface area contributed by atoms with Crippen LogP contribution in [-0.2, 0) is 38.1 Å². The lowest BCUT2D eigenvalue weighted by molar-refractivity contribution is -0.264. The summed E-state index contributed by atoms with van der Waals surface area (Å²) in [7, 11) is 3.17. The van der Waals surface area contributed by atoms with Crippen LogP contribution in [-0.4, -0.2) is 128 Å². The van der Waals surface area contributed by atoms with E-state index < -0.39 is 77.8 Å². The number of Topliss-reactive ketones (excluding diaryl/α,β-unsaturated/α-hetero) is 2. The van der Waals surface area contributed by atoms with Gasteiger partial charge in [-0.05, 0) is 136 Å². The predicted molar refractivity (Wildman–Crippen MR) is 253 cm³/mol. The van der Waals surface area contributed by atoms with E-state index >= 15 is 0 Å². The number of hydrogen-bond donors (Lipinski definition) is 3. The summed E-state index contributed by atoms with van der Waals surface area (Å²) < 4.78 is 25.8. The quantitative estimate of drug-likeness (QED) is 0.165. The molecule has 2 bridgehead atoms. The number of ether oxygens (including phenoxy) is 4. The highest BCUT2D eigenvalue weighted by molar-refractivity contribution is 6.39. The number of fused-ring (bicyclic) bond motifs is 3. The summed E-state index contributed by atoms with van der Waals surface area (Å²) in [4.78, 5) is 58.2. The van der Waals surface area contributed by atoms with Crippen LogP contribution >= 0.6 is 0 Å². The minimum atomic E-state index is -2.42. The summed E-state index contributed by atoms with van der Waals surface area (Å²) in [6, 6.07) is -2.00. The molecule has 5 rings (SSSR count). The Kier molecular flexibility index (Phi) is 20.2. The number of nitrogens with two attached hydrogens (primary N) is 1. The Hall–Kier alpha value is -3.93. The average molecular weight is 937 g/mol. The molecular formula is C51H80N6O10. The van der Waals surface area contributed by atoms with E-state index in [0.29, 0.717) is 75.2 Å². The van der Waals surface area contributed by atoms with Crippen LogP contribution in [0.5, 0.6) is 0 Å². The second kappa shape index (κ2) is 25.1. The molecule has 0 spiro atoms. The molecule has 0 radical (unpaired) electrons. The van der Waals surface area contributed by atoms with Gasteiger partial charge in [-0.2, -0.15) is 0 Å². The highest BCUT2D eigenvalue weighted by Crippen LogP contribution is 2.39. The van der Waals surface area contributed by atoms with Crippen molar-refractivity contribution in [1.82, 2.24) is 25.1 Å². The first kappa shape index (κ1) is 54.0. The Morgan fingerprint density at radius 2 is 1.66 bits per heavy atom. The fraction of sp³-hybridized carbons (Fsp3) is 0.745. The SMILES string of the molecule is COC1CC(C[C@@H](C)[C@@H]2CC[C@H](N)/C=C(\C)C(O)[C@@H](OC)C(=O)C(C)C[C@H](C)/C=C/C=C/C=C(\C)[C@H](n3cnnn3)CC3CCC(C)C(O)(O3)C(=O)C(=O)N3CCCCC3C(=O)O2)CC[C@H]1C. The van der Waals surface area contributed by atoms with Gasteiger partial charge in [0.15, 0.2) is 5.78 Å². The summed E-state index contributed by atoms with van der Waals surface area (Å²) in [6.45, 7) is 13.7. The van der Waals surface area contributed by atoms with Crippen LogP contribution < -0.4 is 5.73 Å². The number of aromatic nitrogens is 4. The number of carbonyl (C=O) groups excluding carboxylic acids is 4. The van der Waals surface area contributed by atoms with Crippen molar-refractivity contribution in [3.63, 3.8) is 0 Å². The van der Waals surface area contributed by atoms with Gasteiger partial charge >= 0.3 is 5.97 Å². The van der Waals surface area contributed by atoms with Gasteiger partial charge in [0.2, 0.25) is 5.79 Å². The first-order valence-corrected chi connectivity index (χ1v) is 24.8. The number of ketones is 2. The molecule has 67 heavy (non-hydrogen) atoms. The Balaban J connectivity index is 1.47. The Labute approximate surface area is 398 Å². The monoisotopic (exact) mass is 937 g/mol. The molecule has 2 saturated heterocycles. The first-order valence-electron chi connectivity index (χ1n) is 24.8. The number of piperidine rings is 1. The smallest absolute Gasteiger partial charge is 0.329 e. The number of hydrogen-bond acceptors (Lipinski definition) is 14. The Morgan fingerprint density at radius 3 is 2.36 bits per heavy atom. The molecule has 8 unspecified atom stereocenters. The first-order chi connectivity index (χ1) is 31.9. The van der Waals surface area contributed by atoms with E-state index in [1.54, 1.807) is 31.7 Å². The number of amides is 1. The van der Waals surface area contributed by atoms with Gasteiger partial charge in [-0.1, -0.05) is 71.1 Å². The normalized spacial score (nSPS) is 39.5. The maximum absolute atomic E-state index is 14.4. The second-order valence-electron chi connectivity index (χ2n) is 20.4.